The Labute approximate surface area is 177 Å². The number of aromatic nitrogens is 2. The van der Waals surface area contributed by atoms with Crippen molar-refractivity contribution in [3.05, 3.63) is 75.8 Å². The number of amides is 1. The van der Waals surface area contributed by atoms with Crippen LogP contribution >= 0.6 is 0 Å². The van der Waals surface area contributed by atoms with Crippen LogP contribution in [0.25, 0.3) is 10.9 Å². The van der Waals surface area contributed by atoms with Crippen molar-refractivity contribution in [2.45, 2.75) is 45.3 Å². The van der Waals surface area contributed by atoms with Crippen molar-refractivity contribution in [1.82, 2.24) is 14.9 Å². The van der Waals surface area contributed by atoms with Gasteiger partial charge in [0.05, 0.1) is 22.8 Å². The summed E-state index contributed by atoms with van der Waals surface area (Å²) in [5.41, 5.74) is 0.379. The molecule has 164 valence electrons. The van der Waals surface area contributed by atoms with Gasteiger partial charge in [-0.1, -0.05) is 44.2 Å². The fourth-order valence-electron chi connectivity index (χ4n) is 3.35. The van der Waals surface area contributed by atoms with Crippen LogP contribution in [0.2, 0.25) is 0 Å². The minimum Gasteiger partial charge on any atom is -0.355 e. The van der Waals surface area contributed by atoms with Gasteiger partial charge in [0.25, 0.3) is 5.56 Å². The Bertz CT molecular complexity index is 1170. The van der Waals surface area contributed by atoms with Gasteiger partial charge in [-0.05, 0) is 30.2 Å². The first-order valence-electron chi connectivity index (χ1n) is 9.88. The van der Waals surface area contributed by atoms with E-state index in [2.05, 4.69) is 10.3 Å². The standard InChI is InChI=1S/C23H24F3N3O2/c1-15-6-4-9-18-20(15)28-14-29(21(18)31)11-10-19(30)27-13-22(2,3)16-7-5-8-17(12-16)23(24,25)26/h4-9,12,14H,10-11,13H2,1-3H3,(H,27,30). The number of hydrogen-bond donors (Lipinski definition) is 1. The molecule has 1 heterocycles. The molecule has 2 aromatic carbocycles. The monoisotopic (exact) mass is 431 g/mol. The molecule has 5 nitrogen and oxygen atoms in total. The Kier molecular flexibility index (Phi) is 6.20. The molecule has 1 N–H and O–H groups in total. The van der Waals surface area contributed by atoms with Crippen LogP contribution in [0.3, 0.4) is 0 Å². The van der Waals surface area contributed by atoms with Crippen LogP contribution < -0.4 is 10.9 Å². The third-order valence-electron chi connectivity index (χ3n) is 5.33. The van der Waals surface area contributed by atoms with E-state index in [1.54, 1.807) is 32.0 Å². The van der Waals surface area contributed by atoms with Gasteiger partial charge < -0.3 is 5.32 Å². The van der Waals surface area contributed by atoms with Crippen molar-refractivity contribution < 1.29 is 18.0 Å². The van der Waals surface area contributed by atoms with Gasteiger partial charge in [0, 0.05) is 24.9 Å². The Morgan fingerprint density at radius 2 is 1.77 bits per heavy atom. The molecule has 0 bridgehead atoms. The summed E-state index contributed by atoms with van der Waals surface area (Å²) >= 11 is 0. The molecular formula is C23H24F3N3O2. The summed E-state index contributed by atoms with van der Waals surface area (Å²) in [7, 11) is 0. The van der Waals surface area contributed by atoms with Gasteiger partial charge >= 0.3 is 6.18 Å². The van der Waals surface area contributed by atoms with E-state index < -0.39 is 17.2 Å². The van der Waals surface area contributed by atoms with E-state index in [9.17, 15) is 22.8 Å². The van der Waals surface area contributed by atoms with Gasteiger partial charge in [-0.2, -0.15) is 13.2 Å². The molecule has 1 amide bonds. The molecular weight excluding hydrogens is 407 g/mol. The van der Waals surface area contributed by atoms with Crippen LogP contribution in [0.5, 0.6) is 0 Å². The second kappa shape index (κ2) is 8.53. The Balaban J connectivity index is 1.63. The molecule has 8 heteroatoms. The van der Waals surface area contributed by atoms with E-state index in [1.807, 2.05) is 13.0 Å². The molecule has 0 atom stereocenters. The number of para-hydroxylation sites is 1. The number of hydrogen-bond acceptors (Lipinski definition) is 3. The molecule has 0 saturated heterocycles. The maximum Gasteiger partial charge on any atom is 0.416 e. The molecule has 0 aliphatic rings. The average Bonchev–Trinajstić information content (AvgIpc) is 2.72. The lowest BCUT2D eigenvalue weighted by Gasteiger charge is -2.26. The molecule has 0 spiro atoms. The SMILES string of the molecule is Cc1cccc2c(=O)n(CCC(=O)NCC(C)(C)c3cccc(C(F)(F)F)c3)cnc12. The van der Waals surface area contributed by atoms with E-state index in [-0.39, 0.29) is 31.0 Å². The summed E-state index contributed by atoms with van der Waals surface area (Å²) in [5.74, 6) is -0.295. The Morgan fingerprint density at radius 1 is 1.10 bits per heavy atom. The second-order valence-corrected chi connectivity index (χ2v) is 8.20. The molecule has 0 aliphatic carbocycles. The van der Waals surface area contributed by atoms with Gasteiger partial charge in [0.1, 0.15) is 0 Å². The number of rotatable bonds is 6. The lowest BCUT2D eigenvalue weighted by Crippen LogP contribution is -2.37. The first-order chi connectivity index (χ1) is 14.5. The van der Waals surface area contributed by atoms with Crippen LogP contribution in [0, 0.1) is 6.92 Å². The predicted octanol–water partition coefficient (Wildman–Crippen LogP) is 4.21. The van der Waals surface area contributed by atoms with Crippen molar-refractivity contribution in [3.63, 3.8) is 0 Å². The number of aryl methyl sites for hydroxylation is 2. The summed E-state index contributed by atoms with van der Waals surface area (Å²) in [6, 6.07) is 10.5. The zero-order chi connectivity index (χ0) is 22.8. The first-order valence-corrected chi connectivity index (χ1v) is 9.88. The first kappa shape index (κ1) is 22.5. The summed E-state index contributed by atoms with van der Waals surface area (Å²) in [6.07, 6.45) is -2.94. The zero-order valence-corrected chi connectivity index (χ0v) is 17.6. The molecule has 3 rings (SSSR count). The van der Waals surface area contributed by atoms with Gasteiger partial charge in [-0.3, -0.25) is 14.2 Å². The van der Waals surface area contributed by atoms with E-state index in [1.165, 1.54) is 17.0 Å². The molecule has 0 fully saturated rings. The van der Waals surface area contributed by atoms with Gasteiger partial charge in [-0.15, -0.1) is 0 Å². The number of carbonyl (C=O) groups excluding carboxylic acids is 1. The highest BCUT2D eigenvalue weighted by molar-refractivity contribution is 5.80. The summed E-state index contributed by atoms with van der Waals surface area (Å²) in [4.78, 5) is 29.2. The fourth-order valence-corrected chi connectivity index (χ4v) is 3.35. The summed E-state index contributed by atoms with van der Waals surface area (Å²) in [6.45, 7) is 5.73. The molecule has 0 saturated carbocycles. The van der Waals surface area contributed by atoms with E-state index >= 15 is 0 Å². The molecule has 3 aromatic rings. The number of carbonyl (C=O) groups is 1. The van der Waals surface area contributed by atoms with Crippen LogP contribution in [0.15, 0.2) is 53.6 Å². The molecule has 0 unspecified atom stereocenters. The highest BCUT2D eigenvalue weighted by atomic mass is 19.4. The lowest BCUT2D eigenvalue weighted by molar-refractivity contribution is -0.137. The quantitative estimate of drug-likeness (QED) is 0.636. The largest absolute Gasteiger partial charge is 0.416 e. The fraction of sp³-hybridized carbons (Fsp3) is 0.348. The summed E-state index contributed by atoms with van der Waals surface area (Å²) in [5, 5.41) is 3.25. The van der Waals surface area contributed by atoms with E-state index in [0.717, 1.165) is 17.7 Å². The van der Waals surface area contributed by atoms with Crippen molar-refractivity contribution in [3.8, 4) is 0 Å². The van der Waals surface area contributed by atoms with Crippen LogP contribution in [-0.2, 0) is 22.9 Å². The maximum absolute atomic E-state index is 13.0. The topological polar surface area (TPSA) is 64.0 Å². The van der Waals surface area contributed by atoms with Crippen molar-refractivity contribution in [2.24, 2.45) is 0 Å². The van der Waals surface area contributed by atoms with Crippen LogP contribution in [0.1, 0.15) is 37.0 Å². The van der Waals surface area contributed by atoms with Crippen LogP contribution in [-0.4, -0.2) is 22.0 Å². The maximum atomic E-state index is 13.0. The zero-order valence-electron chi connectivity index (χ0n) is 17.6. The lowest BCUT2D eigenvalue weighted by atomic mass is 9.83. The third kappa shape index (κ3) is 5.13. The van der Waals surface area contributed by atoms with Gasteiger partial charge in [0.2, 0.25) is 5.91 Å². The Morgan fingerprint density at radius 3 is 2.48 bits per heavy atom. The minimum atomic E-state index is -4.42. The third-order valence-corrected chi connectivity index (χ3v) is 5.33. The molecule has 0 aliphatic heterocycles. The molecule has 0 radical (unpaired) electrons. The van der Waals surface area contributed by atoms with Crippen molar-refractivity contribution in [2.75, 3.05) is 6.54 Å². The molecule has 1 aromatic heterocycles. The summed E-state index contributed by atoms with van der Waals surface area (Å²) < 4.78 is 40.3. The van der Waals surface area contributed by atoms with Crippen LogP contribution in [0.4, 0.5) is 13.2 Å². The van der Waals surface area contributed by atoms with Gasteiger partial charge in [-0.25, -0.2) is 4.98 Å². The predicted molar refractivity (Wildman–Crippen MR) is 113 cm³/mol. The number of nitrogens with zero attached hydrogens (tertiary/aromatic N) is 2. The Hall–Kier alpha value is -3.16. The average molecular weight is 431 g/mol. The minimum absolute atomic E-state index is 0.0532. The second-order valence-electron chi connectivity index (χ2n) is 8.20. The number of benzene rings is 2. The highest BCUT2D eigenvalue weighted by Gasteiger charge is 2.32. The number of fused-ring (bicyclic) bond motifs is 1. The number of alkyl halides is 3. The van der Waals surface area contributed by atoms with E-state index in [0.29, 0.717) is 16.5 Å². The number of nitrogens with one attached hydrogen (secondary N) is 1. The van der Waals surface area contributed by atoms with Crippen molar-refractivity contribution in [1.29, 1.82) is 0 Å². The number of halogens is 3. The molecule has 31 heavy (non-hydrogen) atoms. The highest BCUT2D eigenvalue weighted by Crippen LogP contribution is 2.32. The van der Waals surface area contributed by atoms with Crippen molar-refractivity contribution >= 4 is 16.8 Å². The van der Waals surface area contributed by atoms with Gasteiger partial charge in [0.15, 0.2) is 0 Å². The smallest absolute Gasteiger partial charge is 0.355 e. The van der Waals surface area contributed by atoms with E-state index in [4.69, 9.17) is 0 Å². The normalized spacial score (nSPS) is 12.2.